The highest BCUT2D eigenvalue weighted by Crippen LogP contribution is 2.16. The fraction of sp³-hybridized carbons (Fsp3) is 0.529. The molecule has 5 nitrogen and oxygen atoms in total. The largest absolute Gasteiger partial charge is 0.480 e. The molecule has 0 aromatic heterocycles. The van der Waals surface area contributed by atoms with Gasteiger partial charge in [-0.15, -0.1) is 0 Å². The molecule has 1 atom stereocenters. The van der Waals surface area contributed by atoms with Gasteiger partial charge >= 0.3 is 5.97 Å². The predicted octanol–water partition coefficient (Wildman–Crippen LogP) is 3.07. The zero-order valence-electron chi connectivity index (χ0n) is 14.0. The molecule has 1 aromatic carbocycles. The van der Waals surface area contributed by atoms with E-state index in [1.54, 1.807) is 0 Å². The second kappa shape index (κ2) is 8.45. The van der Waals surface area contributed by atoms with Gasteiger partial charge in [0, 0.05) is 17.5 Å². The van der Waals surface area contributed by atoms with Gasteiger partial charge in [-0.3, -0.25) is 4.79 Å². The summed E-state index contributed by atoms with van der Waals surface area (Å²) in [4.78, 5) is 23.4. The monoisotopic (exact) mass is 385 g/mol. The summed E-state index contributed by atoms with van der Waals surface area (Å²) in [5.41, 5.74) is 1.53. The van der Waals surface area contributed by atoms with Gasteiger partial charge in [-0.05, 0) is 51.0 Å². The first kappa shape index (κ1) is 19.6. The van der Waals surface area contributed by atoms with Crippen molar-refractivity contribution in [3.05, 3.63) is 33.8 Å². The number of carbonyl (C=O) groups is 2. The number of benzene rings is 1. The van der Waals surface area contributed by atoms with Gasteiger partial charge in [0.15, 0.2) is 0 Å². The average molecular weight is 386 g/mol. The summed E-state index contributed by atoms with van der Waals surface area (Å²) in [6.45, 7) is 7.89. The number of carboxylic acid groups (broad SMARTS) is 1. The zero-order chi connectivity index (χ0) is 17.6. The van der Waals surface area contributed by atoms with Gasteiger partial charge in [-0.2, -0.15) is 0 Å². The average Bonchev–Trinajstić information content (AvgIpc) is 2.39. The van der Waals surface area contributed by atoms with Crippen LogP contribution in [0.25, 0.3) is 0 Å². The van der Waals surface area contributed by atoms with Crippen LogP contribution in [-0.4, -0.2) is 35.2 Å². The minimum absolute atomic E-state index is 0.156. The zero-order valence-corrected chi connectivity index (χ0v) is 15.6. The number of carboxylic acids is 1. The van der Waals surface area contributed by atoms with Gasteiger partial charge in [0.2, 0.25) is 5.91 Å². The number of halogens is 1. The number of aliphatic carboxylic acids is 1. The quantitative estimate of drug-likeness (QED) is 0.755. The van der Waals surface area contributed by atoms with E-state index >= 15 is 0 Å². The van der Waals surface area contributed by atoms with Gasteiger partial charge in [0.1, 0.15) is 6.04 Å². The Balaban J connectivity index is 2.58. The predicted molar refractivity (Wildman–Crippen MR) is 92.5 cm³/mol. The second-order valence-electron chi connectivity index (χ2n) is 6.46. The summed E-state index contributed by atoms with van der Waals surface area (Å²) < 4.78 is 6.47. The second-order valence-corrected chi connectivity index (χ2v) is 7.37. The molecule has 0 radical (unpaired) electrons. The van der Waals surface area contributed by atoms with Crippen LogP contribution in [0, 0.1) is 6.92 Å². The van der Waals surface area contributed by atoms with E-state index in [9.17, 15) is 14.7 Å². The van der Waals surface area contributed by atoms with Crippen LogP contribution >= 0.6 is 15.9 Å². The molecule has 1 rings (SSSR count). The number of carbonyl (C=O) groups excluding carboxylic acids is 1. The van der Waals surface area contributed by atoms with Crippen molar-refractivity contribution in [2.24, 2.45) is 0 Å². The number of hydrogen-bond acceptors (Lipinski definition) is 3. The lowest BCUT2D eigenvalue weighted by Crippen LogP contribution is -2.42. The highest BCUT2D eigenvalue weighted by atomic mass is 79.9. The first-order valence-corrected chi connectivity index (χ1v) is 8.29. The number of rotatable bonds is 7. The van der Waals surface area contributed by atoms with Crippen LogP contribution < -0.4 is 5.32 Å². The molecular formula is C17H24BrNO4. The Morgan fingerprint density at radius 3 is 2.52 bits per heavy atom. The highest BCUT2D eigenvalue weighted by Gasteiger charge is 2.21. The molecule has 0 heterocycles. The molecule has 1 aromatic rings. The topological polar surface area (TPSA) is 75.6 Å². The number of aryl methyl sites for hydroxylation is 1. The number of amides is 1. The molecule has 0 aliphatic heterocycles. The third kappa shape index (κ3) is 7.61. The maximum absolute atomic E-state index is 12.1. The lowest BCUT2D eigenvalue weighted by atomic mass is 10.1. The molecule has 0 aliphatic rings. The Morgan fingerprint density at radius 2 is 2.00 bits per heavy atom. The van der Waals surface area contributed by atoms with Crippen molar-refractivity contribution in [1.82, 2.24) is 5.32 Å². The molecule has 0 aliphatic carbocycles. The summed E-state index contributed by atoms with van der Waals surface area (Å²) in [6, 6.07) is 4.70. The Bertz CT molecular complexity index is 566. The van der Waals surface area contributed by atoms with Crippen molar-refractivity contribution >= 4 is 27.8 Å². The molecule has 1 unspecified atom stereocenters. The van der Waals surface area contributed by atoms with Crippen LogP contribution in [0.15, 0.2) is 22.7 Å². The molecular weight excluding hydrogens is 362 g/mol. The number of hydrogen-bond donors (Lipinski definition) is 2. The van der Waals surface area contributed by atoms with Crippen LogP contribution in [0.3, 0.4) is 0 Å². The molecule has 6 heteroatoms. The third-order valence-corrected chi connectivity index (χ3v) is 3.72. The highest BCUT2D eigenvalue weighted by molar-refractivity contribution is 9.10. The number of ether oxygens (including phenoxy) is 1. The van der Waals surface area contributed by atoms with Crippen molar-refractivity contribution < 1.29 is 19.4 Å². The maximum Gasteiger partial charge on any atom is 0.326 e. The third-order valence-electron chi connectivity index (χ3n) is 3.23. The van der Waals surface area contributed by atoms with Crippen molar-refractivity contribution in [2.45, 2.75) is 52.2 Å². The lowest BCUT2D eigenvalue weighted by Gasteiger charge is -2.21. The lowest BCUT2D eigenvalue weighted by molar-refractivity contribution is -0.142. The van der Waals surface area contributed by atoms with Crippen molar-refractivity contribution in [1.29, 1.82) is 0 Å². The van der Waals surface area contributed by atoms with Crippen LogP contribution in [0.1, 0.15) is 38.3 Å². The SMILES string of the molecule is Cc1cc(Br)ccc1CC(=O)NC(CCOC(C)(C)C)C(=O)O. The number of nitrogens with one attached hydrogen (secondary N) is 1. The normalized spacial score (nSPS) is 12.7. The van der Waals surface area contributed by atoms with E-state index in [0.29, 0.717) is 0 Å². The van der Waals surface area contributed by atoms with Crippen molar-refractivity contribution in [2.75, 3.05) is 6.61 Å². The Labute approximate surface area is 145 Å². The van der Waals surface area contributed by atoms with Gasteiger partial charge < -0.3 is 15.2 Å². The fourth-order valence-corrected chi connectivity index (χ4v) is 2.49. The molecule has 1 amide bonds. The molecule has 0 bridgehead atoms. The minimum atomic E-state index is -1.05. The van der Waals surface area contributed by atoms with Crippen LogP contribution in [0.4, 0.5) is 0 Å². The minimum Gasteiger partial charge on any atom is -0.480 e. The summed E-state index contributed by atoms with van der Waals surface area (Å²) >= 11 is 3.37. The maximum atomic E-state index is 12.1. The molecule has 0 spiro atoms. The Hall–Kier alpha value is -1.40. The van der Waals surface area contributed by atoms with Gasteiger partial charge in [-0.1, -0.05) is 22.0 Å². The smallest absolute Gasteiger partial charge is 0.326 e. The fourth-order valence-electron chi connectivity index (χ4n) is 2.02. The van der Waals surface area contributed by atoms with Crippen LogP contribution in [-0.2, 0) is 20.7 Å². The molecule has 128 valence electrons. The van der Waals surface area contributed by atoms with E-state index in [1.807, 2.05) is 45.9 Å². The van der Waals surface area contributed by atoms with Gasteiger partial charge in [0.25, 0.3) is 0 Å². The van der Waals surface area contributed by atoms with E-state index in [1.165, 1.54) is 0 Å². The van der Waals surface area contributed by atoms with Gasteiger partial charge in [-0.25, -0.2) is 4.79 Å². The summed E-state index contributed by atoms with van der Waals surface area (Å²) in [5.74, 6) is -1.36. The first-order valence-electron chi connectivity index (χ1n) is 7.49. The van der Waals surface area contributed by atoms with E-state index in [2.05, 4.69) is 21.2 Å². The van der Waals surface area contributed by atoms with E-state index in [-0.39, 0.29) is 31.0 Å². The van der Waals surface area contributed by atoms with Crippen LogP contribution in [0.2, 0.25) is 0 Å². The molecule has 0 fully saturated rings. The summed E-state index contributed by atoms with van der Waals surface area (Å²) in [7, 11) is 0. The first-order chi connectivity index (χ1) is 10.6. The Morgan fingerprint density at radius 1 is 1.35 bits per heavy atom. The van der Waals surface area contributed by atoms with Crippen molar-refractivity contribution in [3.63, 3.8) is 0 Å². The van der Waals surface area contributed by atoms with E-state index in [0.717, 1.165) is 15.6 Å². The van der Waals surface area contributed by atoms with Crippen LogP contribution in [0.5, 0.6) is 0 Å². The molecule has 2 N–H and O–H groups in total. The standard InChI is InChI=1S/C17H24BrNO4/c1-11-9-13(18)6-5-12(11)10-15(20)19-14(16(21)22)7-8-23-17(2,3)4/h5-6,9,14H,7-8,10H2,1-4H3,(H,19,20)(H,21,22). The van der Waals surface area contributed by atoms with Crippen molar-refractivity contribution in [3.8, 4) is 0 Å². The molecule has 0 saturated heterocycles. The summed E-state index contributed by atoms with van der Waals surface area (Å²) in [5, 5.41) is 11.8. The van der Waals surface area contributed by atoms with E-state index in [4.69, 9.17) is 4.74 Å². The summed E-state index contributed by atoms with van der Waals surface area (Å²) in [6.07, 6.45) is 0.390. The van der Waals surface area contributed by atoms with E-state index < -0.39 is 12.0 Å². The molecule has 0 saturated carbocycles. The Kier molecular flexibility index (Phi) is 7.22. The van der Waals surface area contributed by atoms with Gasteiger partial charge in [0.05, 0.1) is 12.0 Å². The molecule has 23 heavy (non-hydrogen) atoms.